The van der Waals surface area contributed by atoms with Crippen LogP contribution in [0.15, 0.2) is 42.5 Å². The van der Waals surface area contributed by atoms with Crippen molar-refractivity contribution in [3.8, 4) is 11.1 Å². The lowest BCUT2D eigenvalue weighted by molar-refractivity contribution is 1.14. The zero-order valence-corrected chi connectivity index (χ0v) is 10.5. The van der Waals surface area contributed by atoms with Crippen LogP contribution in [0.1, 0.15) is 25.0 Å². The SMILES string of the molecule is CCc1ccc(-c2ccc(CC)c(N)c2)cc1. The molecule has 1 heteroatoms. The predicted molar refractivity (Wildman–Crippen MR) is 75.0 cm³/mol. The normalized spacial score (nSPS) is 10.5. The lowest BCUT2D eigenvalue weighted by Crippen LogP contribution is -1.93. The summed E-state index contributed by atoms with van der Waals surface area (Å²) >= 11 is 0. The highest BCUT2D eigenvalue weighted by Gasteiger charge is 2.01. The second kappa shape index (κ2) is 5.05. The van der Waals surface area contributed by atoms with E-state index in [1.54, 1.807) is 0 Å². The van der Waals surface area contributed by atoms with Crippen molar-refractivity contribution in [3.63, 3.8) is 0 Å². The molecule has 0 radical (unpaired) electrons. The van der Waals surface area contributed by atoms with E-state index in [0.717, 1.165) is 18.5 Å². The summed E-state index contributed by atoms with van der Waals surface area (Å²) in [7, 11) is 0. The van der Waals surface area contributed by atoms with E-state index in [9.17, 15) is 0 Å². The van der Waals surface area contributed by atoms with Gasteiger partial charge in [-0.1, -0.05) is 50.2 Å². The van der Waals surface area contributed by atoms with Gasteiger partial charge in [-0.3, -0.25) is 0 Å². The molecule has 0 unspecified atom stereocenters. The van der Waals surface area contributed by atoms with Crippen LogP contribution in [0.5, 0.6) is 0 Å². The van der Waals surface area contributed by atoms with E-state index in [-0.39, 0.29) is 0 Å². The van der Waals surface area contributed by atoms with Crippen LogP contribution in [0, 0.1) is 0 Å². The van der Waals surface area contributed by atoms with Gasteiger partial charge in [-0.05, 0) is 41.2 Å². The number of hydrogen-bond donors (Lipinski definition) is 1. The Balaban J connectivity index is 2.35. The maximum Gasteiger partial charge on any atom is 0.0352 e. The van der Waals surface area contributed by atoms with Gasteiger partial charge in [0.1, 0.15) is 0 Å². The molecule has 0 bridgehead atoms. The summed E-state index contributed by atoms with van der Waals surface area (Å²) < 4.78 is 0. The summed E-state index contributed by atoms with van der Waals surface area (Å²) in [6.07, 6.45) is 2.07. The van der Waals surface area contributed by atoms with Crippen LogP contribution >= 0.6 is 0 Å². The molecule has 2 aromatic carbocycles. The van der Waals surface area contributed by atoms with Crippen LogP contribution in [0.4, 0.5) is 5.69 Å². The van der Waals surface area contributed by atoms with E-state index in [1.807, 2.05) is 0 Å². The van der Waals surface area contributed by atoms with E-state index >= 15 is 0 Å². The van der Waals surface area contributed by atoms with Crippen molar-refractivity contribution in [1.29, 1.82) is 0 Å². The molecule has 17 heavy (non-hydrogen) atoms. The number of nitrogens with two attached hydrogens (primary N) is 1. The molecular weight excluding hydrogens is 206 g/mol. The Hall–Kier alpha value is -1.76. The number of rotatable bonds is 3. The summed E-state index contributed by atoms with van der Waals surface area (Å²) in [5, 5.41) is 0. The van der Waals surface area contributed by atoms with Crippen molar-refractivity contribution < 1.29 is 0 Å². The molecule has 0 amide bonds. The fraction of sp³-hybridized carbons (Fsp3) is 0.250. The third kappa shape index (κ3) is 2.50. The van der Waals surface area contributed by atoms with E-state index in [2.05, 4.69) is 56.3 Å². The summed E-state index contributed by atoms with van der Waals surface area (Å²) in [5.41, 5.74) is 11.9. The predicted octanol–water partition coefficient (Wildman–Crippen LogP) is 4.06. The summed E-state index contributed by atoms with van der Waals surface area (Å²) in [6.45, 7) is 4.30. The van der Waals surface area contributed by atoms with Crippen LogP contribution in [0.25, 0.3) is 11.1 Å². The zero-order valence-electron chi connectivity index (χ0n) is 10.5. The van der Waals surface area contributed by atoms with Crippen LogP contribution in [0.3, 0.4) is 0 Å². The first-order valence-electron chi connectivity index (χ1n) is 6.22. The van der Waals surface area contributed by atoms with Gasteiger partial charge in [0, 0.05) is 5.69 Å². The Morgan fingerprint density at radius 3 is 2.00 bits per heavy atom. The van der Waals surface area contributed by atoms with Gasteiger partial charge in [-0.25, -0.2) is 0 Å². The second-order valence-electron chi connectivity index (χ2n) is 4.32. The largest absolute Gasteiger partial charge is 0.398 e. The van der Waals surface area contributed by atoms with Gasteiger partial charge in [0.25, 0.3) is 0 Å². The van der Waals surface area contributed by atoms with Gasteiger partial charge >= 0.3 is 0 Å². The Labute approximate surface area is 103 Å². The van der Waals surface area contributed by atoms with Gasteiger partial charge in [0.05, 0.1) is 0 Å². The van der Waals surface area contributed by atoms with Gasteiger partial charge in [-0.2, -0.15) is 0 Å². The minimum atomic E-state index is 0.893. The average Bonchev–Trinajstić information content (AvgIpc) is 2.39. The quantitative estimate of drug-likeness (QED) is 0.783. The topological polar surface area (TPSA) is 26.0 Å². The molecule has 0 aromatic heterocycles. The second-order valence-corrected chi connectivity index (χ2v) is 4.32. The smallest absolute Gasteiger partial charge is 0.0352 e. The molecule has 1 nitrogen and oxygen atoms in total. The molecule has 88 valence electrons. The summed E-state index contributed by atoms with van der Waals surface area (Å²) in [5.74, 6) is 0. The molecule has 2 N–H and O–H groups in total. The fourth-order valence-electron chi connectivity index (χ4n) is 2.03. The molecule has 0 fully saturated rings. The Bertz CT molecular complexity index is 497. The average molecular weight is 225 g/mol. The molecule has 0 spiro atoms. The molecule has 0 aliphatic heterocycles. The highest BCUT2D eigenvalue weighted by Crippen LogP contribution is 2.24. The highest BCUT2D eigenvalue weighted by molar-refractivity contribution is 5.69. The van der Waals surface area contributed by atoms with E-state index in [4.69, 9.17) is 5.73 Å². The van der Waals surface area contributed by atoms with Gasteiger partial charge in [0.15, 0.2) is 0 Å². The number of nitrogen functional groups attached to an aromatic ring is 1. The maximum atomic E-state index is 6.03. The van der Waals surface area contributed by atoms with Crippen LogP contribution in [-0.2, 0) is 12.8 Å². The van der Waals surface area contributed by atoms with Crippen molar-refractivity contribution in [2.24, 2.45) is 0 Å². The molecule has 0 aliphatic rings. The van der Waals surface area contributed by atoms with Crippen molar-refractivity contribution in [2.45, 2.75) is 26.7 Å². The molecular formula is C16H19N. The molecule has 2 rings (SSSR count). The van der Waals surface area contributed by atoms with Gasteiger partial charge in [0.2, 0.25) is 0 Å². The molecule has 2 aromatic rings. The lowest BCUT2D eigenvalue weighted by atomic mass is 10.00. The number of benzene rings is 2. The molecule has 0 aliphatic carbocycles. The third-order valence-corrected chi connectivity index (χ3v) is 3.22. The van der Waals surface area contributed by atoms with Crippen molar-refractivity contribution in [3.05, 3.63) is 53.6 Å². The number of aryl methyl sites for hydroxylation is 2. The molecule has 0 heterocycles. The van der Waals surface area contributed by atoms with E-state index in [0.29, 0.717) is 0 Å². The first-order chi connectivity index (χ1) is 8.24. The molecule has 0 saturated carbocycles. The van der Waals surface area contributed by atoms with E-state index < -0.39 is 0 Å². The van der Waals surface area contributed by atoms with Crippen molar-refractivity contribution >= 4 is 5.69 Å². The minimum absolute atomic E-state index is 0.893. The van der Waals surface area contributed by atoms with Crippen LogP contribution in [-0.4, -0.2) is 0 Å². The highest BCUT2D eigenvalue weighted by atomic mass is 14.6. The number of anilines is 1. The number of hydrogen-bond acceptors (Lipinski definition) is 1. The minimum Gasteiger partial charge on any atom is -0.398 e. The molecule has 0 atom stereocenters. The Morgan fingerprint density at radius 1 is 0.824 bits per heavy atom. The lowest BCUT2D eigenvalue weighted by Gasteiger charge is -2.07. The zero-order chi connectivity index (χ0) is 12.3. The molecule has 0 saturated heterocycles. The van der Waals surface area contributed by atoms with Crippen molar-refractivity contribution in [2.75, 3.05) is 5.73 Å². The summed E-state index contributed by atoms with van der Waals surface area (Å²) in [6, 6.07) is 15.0. The fourth-order valence-corrected chi connectivity index (χ4v) is 2.03. The first-order valence-corrected chi connectivity index (χ1v) is 6.22. The standard InChI is InChI=1S/C16H19N/c1-3-12-5-7-14(8-6-12)15-10-9-13(4-2)16(17)11-15/h5-11H,3-4,17H2,1-2H3. The Morgan fingerprint density at radius 2 is 1.47 bits per heavy atom. The van der Waals surface area contributed by atoms with E-state index in [1.165, 1.54) is 22.3 Å². The first kappa shape index (κ1) is 11.7. The van der Waals surface area contributed by atoms with Crippen molar-refractivity contribution in [1.82, 2.24) is 0 Å². The van der Waals surface area contributed by atoms with Gasteiger partial charge < -0.3 is 5.73 Å². The third-order valence-electron chi connectivity index (χ3n) is 3.22. The maximum absolute atomic E-state index is 6.03. The monoisotopic (exact) mass is 225 g/mol. The summed E-state index contributed by atoms with van der Waals surface area (Å²) in [4.78, 5) is 0. The van der Waals surface area contributed by atoms with Gasteiger partial charge in [-0.15, -0.1) is 0 Å². The Kier molecular flexibility index (Phi) is 3.48. The van der Waals surface area contributed by atoms with Crippen LogP contribution in [0.2, 0.25) is 0 Å². The van der Waals surface area contributed by atoms with Crippen LogP contribution < -0.4 is 5.73 Å².